The minimum atomic E-state index is -0.511. The molecule has 11 heavy (non-hydrogen) atoms. The zero-order valence-electron chi connectivity index (χ0n) is 6.01. The summed E-state index contributed by atoms with van der Waals surface area (Å²) >= 11 is 2.58. The molecule has 0 N–H and O–H groups in total. The summed E-state index contributed by atoms with van der Waals surface area (Å²) in [7, 11) is 0. The summed E-state index contributed by atoms with van der Waals surface area (Å²) in [6.45, 7) is 0. The first-order chi connectivity index (χ1) is 5.25. The van der Waals surface area contributed by atoms with Crippen LogP contribution in [-0.2, 0) is 13.4 Å². The SMILES string of the molecule is O=C1CCCCC1C(=O)OBr. The molecule has 0 heterocycles. The Morgan fingerprint density at radius 3 is 2.82 bits per heavy atom. The van der Waals surface area contributed by atoms with E-state index in [4.69, 9.17) is 0 Å². The predicted octanol–water partition coefficient (Wildman–Crippen LogP) is 1.60. The first-order valence-corrected chi connectivity index (χ1v) is 4.25. The van der Waals surface area contributed by atoms with Crippen molar-refractivity contribution in [2.45, 2.75) is 25.7 Å². The monoisotopic (exact) mass is 220 g/mol. The molecular formula is C7H9BrO3. The lowest BCUT2D eigenvalue weighted by molar-refractivity contribution is -0.143. The highest BCUT2D eigenvalue weighted by Gasteiger charge is 2.29. The van der Waals surface area contributed by atoms with Crippen LogP contribution in [0.1, 0.15) is 25.7 Å². The molecule has 3 nitrogen and oxygen atoms in total. The van der Waals surface area contributed by atoms with E-state index in [0.29, 0.717) is 12.8 Å². The standard InChI is InChI=1S/C7H9BrO3/c8-11-7(10)5-3-1-2-4-6(5)9/h5H,1-4H2. The minimum Gasteiger partial charge on any atom is -0.383 e. The fourth-order valence-corrected chi connectivity index (χ4v) is 1.51. The largest absolute Gasteiger partial charge is 0.383 e. The molecule has 1 rings (SSSR count). The van der Waals surface area contributed by atoms with E-state index in [1.807, 2.05) is 0 Å². The van der Waals surface area contributed by atoms with Crippen molar-refractivity contribution in [2.75, 3.05) is 0 Å². The van der Waals surface area contributed by atoms with E-state index < -0.39 is 11.9 Å². The van der Waals surface area contributed by atoms with Crippen LogP contribution in [0.25, 0.3) is 0 Å². The van der Waals surface area contributed by atoms with E-state index in [0.717, 1.165) is 12.8 Å². The second-order valence-electron chi connectivity index (χ2n) is 2.66. The van der Waals surface area contributed by atoms with Gasteiger partial charge in [0.25, 0.3) is 0 Å². The van der Waals surface area contributed by atoms with Crippen LogP contribution in [-0.4, -0.2) is 11.8 Å². The van der Waals surface area contributed by atoms with Crippen LogP contribution in [0.2, 0.25) is 0 Å². The van der Waals surface area contributed by atoms with Gasteiger partial charge in [-0.25, -0.2) is 0 Å². The van der Waals surface area contributed by atoms with Gasteiger partial charge in [-0.3, -0.25) is 9.59 Å². The van der Waals surface area contributed by atoms with Crippen molar-refractivity contribution < 1.29 is 13.4 Å². The maximum absolute atomic E-state index is 11.1. The van der Waals surface area contributed by atoms with Gasteiger partial charge in [0.15, 0.2) is 16.3 Å². The van der Waals surface area contributed by atoms with Crippen molar-refractivity contribution in [1.29, 1.82) is 0 Å². The Labute approximate surface area is 73.6 Å². The third-order valence-corrected chi connectivity index (χ3v) is 2.23. The van der Waals surface area contributed by atoms with Gasteiger partial charge >= 0.3 is 5.97 Å². The molecule has 0 aromatic heterocycles. The molecule has 1 aliphatic carbocycles. The zero-order chi connectivity index (χ0) is 8.27. The van der Waals surface area contributed by atoms with Crippen LogP contribution in [0.3, 0.4) is 0 Å². The van der Waals surface area contributed by atoms with Gasteiger partial charge in [-0.05, 0) is 12.8 Å². The van der Waals surface area contributed by atoms with E-state index in [9.17, 15) is 9.59 Å². The third kappa shape index (κ3) is 2.02. The summed E-state index contributed by atoms with van der Waals surface area (Å²) in [5.74, 6) is -0.946. The van der Waals surface area contributed by atoms with E-state index in [-0.39, 0.29) is 5.78 Å². The topological polar surface area (TPSA) is 43.4 Å². The molecule has 1 fully saturated rings. The summed E-state index contributed by atoms with van der Waals surface area (Å²) in [6, 6.07) is 0. The van der Waals surface area contributed by atoms with Crippen LogP contribution in [0.4, 0.5) is 0 Å². The van der Waals surface area contributed by atoms with Gasteiger partial charge in [0.1, 0.15) is 11.7 Å². The van der Waals surface area contributed by atoms with Gasteiger partial charge in [-0.2, -0.15) is 0 Å². The lowest BCUT2D eigenvalue weighted by Crippen LogP contribution is -2.27. The first-order valence-electron chi connectivity index (χ1n) is 3.61. The van der Waals surface area contributed by atoms with Crippen LogP contribution >= 0.6 is 16.3 Å². The Morgan fingerprint density at radius 1 is 1.55 bits per heavy atom. The number of Topliss-reactive ketones (excluding diaryl/α,β-unsaturated/α-hetero) is 1. The molecule has 0 radical (unpaired) electrons. The molecule has 0 bridgehead atoms. The lowest BCUT2D eigenvalue weighted by atomic mass is 9.88. The smallest absolute Gasteiger partial charge is 0.327 e. The van der Waals surface area contributed by atoms with Crippen molar-refractivity contribution >= 4 is 28.0 Å². The van der Waals surface area contributed by atoms with Gasteiger partial charge in [0.05, 0.1) is 0 Å². The van der Waals surface area contributed by atoms with Crippen LogP contribution < -0.4 is 0 Å². The lowest BCUT2D eigenvalue weighted by Gasteiger charge is -2.16. The highest BCUT2D eigenvalue weighted by atomic mass is 79.9. The highest BCUT2D eigenvalue weighted by molar-refractivity contribution is 9.06. The molecule has 0 saturated heterocycles. The summed E-state index contributed by atoms with van der Waals surface area (Å²) in [5, 5.41) is 0. The Balaban J connectivity index is 2.54. The van der Waals surface area contributed by atoms with Crippen molar-refractivity contribution in [3.8, 4) is 0 Å². The number of carbonyl (C=O) groups is 2. The molecule has 1 unspecified atom stereocenters. The summed E-state index contributed by atoms with van der Waals surface area (Å²) < 4.78 is 4.31. The number of hydrogen-bond donors (Lipinski definition) is 0. The average Bonchev–Trinajstić information content (AvgIpc) is 2.04. The van der Waals surface area contributed by atoms with Crippen LogP contribution in [0.5, 0.6) is 0 Å². The molecule has 0 spiro atoms. The zero-order valence-corrected chi connectivity index (χ0v) is 7.59. The maximum atomic E-state index is 11.1. The second-order valence-corrected chi connectivity index (χ2v) is 2.98. The average molecular weight is 221 g/mol. The van der Waals surface area contributed by atoms with E-state index >= 15 is 0 Å². The first kappa shape index (κ1) is 8.71. The van der Waals surface area contributed by atoms with E-state index in [1.165, 1.54) is 0 Å². The van der Waals surface area contributed by atoms with Crippen molar-refractivity contribution in [3.05, 3.63) is 0 Å². The Hall–Kier alpha value is -0.380. The van der Waals surface area contributed by atoms with Crippen molar-refractivity contribution in [1.82, 2.24) is 0 Å². The number of halogens is 1. The molecule has 4 heteroatoms. The Morgan fingerprint density at radius 2 is 2.27 bits per heavy atom. The van der Waals surface area contributed by atoms with Gasteiger partial charge in [0.2, 0.25) is 0 Å². The molecule has 1 aliphatic rings. The molecule has 0 aliphatic heterocycles. The van der Waals surface area contributed by atoms with Crippen molar-refractivity contribution in [3.63, 3.8) is 0 Å². The van der Waals surface area contributed by atoms with Crippen LogP contribution in [0.15, 0.2) is 0 Å². The van der Waals surface area contributed by atoms with Gasteiger partial charge in [-0.15, -0.1) is 0 Å². The fraction of sp³-hybridized carbons (Fsp3) is 0.714. The summed E-state index contributed by atoms with van der Waals surface area (Å²) in [4.78, 5) is 22.0. The Kier molecular flexibility index (Phi) is 3.05. The van der Waals surface area contributed by atoms with E-state index in [2.05, 4.69) is 20.1 Å². The van der Waals surface area contributed by atoms with Crippen LogP contribution in [0, 0.1) is 5.92 Å². The molecular weight excluding hydrogens is 212 g/mol. The second kappa shape index (κ2) is 3.85. The molecule has 1 saturated carbocycles. The molecule has 62 valence electrons. The minimum absolute atomic E-state index is 0.0145. The summed E-state index contributed by atoms with van der Waals surface area (Å²) in [6.07, 6.45) is 3.01. The van der Waals surface area contributed by atoms with Gasteiger partial charge < -0.3 is 3.83 Å². The number of carbonyl (C=O) groups excluding carboxylic acids is 2. The molecule has 1 atom stereocenters. The Bertz CT molecular complexity index is 171. The number of hydrogen-bond acceptors (Lipinski definition) is 3. The van der Waals surface area contributed by atoms with Gasteiger partial charge in [0, 0.05) is 6.42 Å². The van der Waals surface area contributed by atoms with Gasteiger partial charge in [-0.1, -0.05) is 6.42 Å². The highest BCUT2D eigenvalue weighted by Crippen LogP contribution is 2.22. The normalized spacial score (nSPS) is 24.8. The quantitative estimate of drug-likeness (QED) is 0.631. The van der Waals surface area contributed by atoms with Crippen molar-refractivity contribution in [2.24, 2.45) is 5.92 Å². The number of ketones is 1. The molecule has 0 amide bonds. The molecule has 0 aromatic rings. The molecule has 0 aromatic carbocycles. The maximum Gasteiger partial charge on any atom is 0.327 e. The summed E-state index contributed by atoms with van der Waals surface area (Å²) in [5.41, 5.74) is 0. The number of rotatable bonds is 1. The van der Waals surface area contributed by atoms with E-state index in [1.54, 1.807) is 0 Å². The third-order valence-electron chi connectivity index (χ3n) is 1.92. The fourth-order valence-electron chi connectivity index (χ4n) is 1.29. The predicted molar refractivity (Wildman–Crippen MR) is 42.0 cm³/mol.